The standard InChI is InChI=1S/C18H20N6O4/c1-4-13(11-5-7-12(25)8-6-11)20-21-14(26)9-24-10-19-16-15(24)17(27)23(3)18(28)22(16)2/h5-8,10,25H,4,9H2,1-3H3,(H,21,26). The zero-order chi connectivity index (χ0) is 20.4. The maximum absolute atomic E-state index is 12.4. The molecule has 0 saturated heterocycles. The van der Waals surface area contributed by atoms with Crippen molar-refractivity contribution < 1.29 is 9.90 Å². The van der Waals surface area contributed by atoms with Crippen LogP contribution in [0.3, 0.4) is 0 Å². The number of phenols is 1. The largest absolute Gasteiger partial charge is 0.508 e. The van der Waals surface area contributed by atoms with Gasteiger partial charge in [-0.15, -0.1) is 0 Å². The minimum atomic E-state index is -0.523. The smallest absolute Gasteiger partial charge is 0.332 e. The zero-order valence-corrected chi connectivity index (χ0v) is 15.7. The van der Waals surface area contributed by atoms with Crippen LogP contribution >= 0.6 is 0 Å². The second kappa shape index (κ2) is 7.51. The fraction of sp³-hybridized carbons (Fsp3) is 0.278. The number of carbonyl (C=O) groups excluding carboxylic acids is 1. The van der Waals surface area contributed by atoms with Crippen LogP contribution in [0.2, 0.25) is 0 Å². The fourth-order valence-corrected chi connectivity index (χ4v) is 2.84. The van der Waals surface area contributed by atoms with Gasteiger partial charge in [0.2, 0.25) is 0 Å². The first-order valence-electron chi connectivity index (χ1n) is 8.59. The summed E-state index contributed by atoms with van der Waals surface area (Å²) in [6, 6.07) is 6.49. The molecule has 2 N–H and O–H groups in total. The van der Waals surface area contributed by atoms with Crippen LogP contribution < -0.4 is 16.7 Å². The number of phenolic OH excluding ortho intramolecular Hbond substituents is 1. The lowest BCUT2D eigenvalue weighted by Gasteiger charge is -2.07. The molecule has 2 aromatic heterocycles. The predicted octanol–water partition coefficient (Wildman–Crippen LogP) is 0.0698. The van der Waals surface area contributed by atoms with Gasteiger partial charge >= 0.3 is 5.69 Å². The van der Waals surface area contributed by atoms with Crippen molar-refractivity contribution in [3.63, 3.8) is 0 Å². The van der Waals surface area contributed by atoms with Crippen LogP contribution in [0.5, 0.6) is 5.75 Å². The summed E-state index contributed by atoms with van der Waals surface area (Å²) < 4.78 is 3.61. The van der Waals surface area contributed by atoms with Gasteiger partial charge in [0.05, 0.1) is 12.0 Å². The summed E-state index contributed by atoms with van der Waals surface area (Å²) >= 11 is 0. The Hall–Kier alpha value is -3.69. The minimum Gasteiger partial charge on any atom is -0.508 e. The number of aryl methyl sites for hydroxylation is 1. The molecule has 1 amide bonds. The summed E-state index contributed by atoms with van der Waals surface area (Å²) in [5.41, 5.74) is 3.25. The summed E-state index contributed by atoms with van der Waals surface area (Å²) in [5, 5.41) is 13.5. The lowest BCUT2D eigenvalue weighted by Crippen LogP contribution is -2.38. The molecule has 1 aromatic carbocycles. The van der Waals surface area contributed by atoms with Crippen molar-refractivity contribution >= 4 is 22.8 Å². The molecule has 10 nitrogen and oxygen atoms in total. The van der Waals surface area contributed by atoms with Gasteiger partial charge in [-0.2, -0.15) is 5.10 Å². The molecule has 0 fully saturated rings. The van der Waals surface area contributed by atoms with E-state index in [9.17, 15) is 19.5 Å². The second-order valence-corrected chi connectivity index (χ2v) is 6.24. The first-order chi connectivity index (χ1) is 13.3. The van der Waals surface area contributed by atoms with Gasteiger partial charge in [0.25, 0.3) is 11.5 Å². The van der Waals surface area contributed by atoms with Crippen LogP contribution in [0.25, 0.3) is 11.2 Å². The highest BCUT2D eigenvalue weighted by Crippen LogP contribution is 2.11. The Morgan fingerprint density at radius 3 is 2.50 bits per heavy atom. The number of aromatic hydroxyl groups is 1. The Labute approximate surface area is 159 Å². The SMILES string of the molecule is CCC(=NNC(=O)Cn1cnc2c1c(=O)n(C)c(=O)n2C)c1ccc(O)cc1. The van der Waals surface area contributed by atoms with E-state index in [1.807, 2.05) is 6.92 Å². The molecule has 0 unspecified atom stereocenters. The number of fused-ring (bicyclic) bond motifs is 1. The molecule has 0 bridgehead atoms. The van der Waals surface area contributed by atoms with Crippen LogP contribution in [0.1, 0.15) is 18.9 Å². The molecule has 28 heavy (non-hydrogen) atoms. The summed E-state index contributed by atoms with van der Waals surface area (Å²) in [4.78, 5) is 40.8. The van der Waals surface area contributed by atoms with E-state index in [4.69, 9.17) is 0 Å². The molecule has 10 heteroatoms. The summed E-state index contributed by atoms with van der Waals surface area (Å²) in [5.74, 6) is -0.300. The number of aromatic nitrogens is 4. The van der Waals surface area contributed by atoms with Crippen molar-refractivity contribution in [1.29, 1.82) is 0 Å². The quantitative estimate of drug-likeness (QED) is 0.476. The van der Waals surface area contributed by atoms with Crippen molar-refractivity contribution in [3.05, 3.63) is 57.0 Å². The number of hydrazone groups is 1. The van der Waals surface area contributed by atoms with Crippen molar-refractivity contribution in [3.8, 4) is 5.75 Å². The van der Waals surface area contributed by atoms with Gasteiger partial charge in [0, 0.05) is 14.1 Å². The topological polar surface area (TPSA) is 124 Å². The number of benzene rings is 1. The third kappa shape index (κ3) is 3.43. The Morgan fingerprint density at radius 1 is 1.18 bits per heavy atom. The van der Waals surface area contributed by atoms with Gasteiger partial charge in [0.1, 0.15) is 12.3 Å². The highest BCUT2D eigenvalue weighted by Gasteiger charge is 2.16. The molecular formula is C18H20N6O4. The van der Waals surface area contributed by atoms with Crippen LogP contribution in [0.4, 0.5) is 0 Å². The molecule has 146 valence electrons. The average Bonchev–Trinajstić information content (AvgIpc) is 3.10. The highest BCUT2D eigenvalue weighted by atomic mass is 16.3. The van der Waals surface area contributed by atoms with Gasteiger partial charge in [-0.3, -0.25) is 18.7 Å². The van der Waals surface area contributed by atoms with Crippen molar-refractivity contribution in [2.24, 2.45) is 19.2 Å². The third-order valence-electron chi connectivity index (χ3n) is 4.38. The number of nitrogens with one attached hydrogen (secondary N) is 1. The second-order valence-electron chi connectivity index (χ2n) is 6.24. The molecule has 0 radical (unpaired) electrons. The normalized spacial score (nSPS) is 11.8. The van der Waals surface area contributed by atoms with E-state index in [2.05, 4.69) is 15.5 Å². The number of hydrogen-bond donors (Lipinski definition) is 2. The van der Waals surface area contributed by atoms with Gasteiger partial charge in [-0.1, -0.05) is 6.92 Å². The van der Waals surface area contributed by atoms with Crippen LogP contribution in [0, 0.1) is 0 Å². The molecule has 0 aliphatic rings. The van der Waals surface area contributed by atoms with Gasteiger partial charge < -0.3 is 9.67 Å². The number of imidazole rings is 1. The molecule has 3 aromatic rings. The van der Waals surface area contributed by atoms with E-state index in [1.54, 1.807) is 24.3 Å². The first-order valence-corrected chi connectivity index (χ1v) is 8.59. The van der Waals surface area contributed by atoms with Gasteiger partial charge in [0.15, 0.2) is 11.2 Å². The summed E-state index contributed by atoms with van der Waals surface area (Å²) in [7, 11) is 2.88. The Morgan fingerprint density at radius 2 is 1.86 bits per heavy atom. The number of hydrogen-bond acceptors (Lipinski definition) is 6. The third-order valence-corrected chi connectivity index (χ3v) is 4.38. The number of rotatable bonds is 5. The van der Waals surface area contributed by atoms with Crippen LogP contribution in [-0.4, -0.2) is 35.4 Å². The van der Waals surface area contributed by atoms with E-state index in [0.717, 1.165) is 10.1 Å². The monoisotopic (exact) mass is 384 g/mol. The molecule has 0 atom stereocenters. The average molecular weight is 384 g/mol. The predicted molar refractivity (Wildman–Crippen MR) is 103 cm³/mol. The Kier molecular flexibility index (Phi) is 5.12. The van der Waals surface area contributed by atoms with Crippen molar-refractivity contribution in [2.45, 2.75) is 19.9 Å². The maximum Gasteiger partial charge on any atom is 0.332 e. The maximum atomic E-state index is 12.4. The van der Waals surface area contributed by atoms with Gasteiger partial charge in [-0.05, 0) is 36.2 Å². The number of carbonyl (C=O) groups is 1. The lowest BCUT2D eigenvalue weighted by molar-refractivity contribution is -0.121. The van der Waals surface area contributed by atoms with E-state index in [1.165, 1.54) is 29.6 Å². The van der Waals surface area contributed by atoms with Crippen molar-refractivity contribution in [2.75, 3.05) is 0 Å². The van der Waals surface area contributed by atoms with E-state index in [-0.39, 0.29) is 23.5 Å². The van der Waals surface area contributed by atoms with Crippen molar-refractivity contribution in [1.82, 2.24) is 24.1 Å². The van der Waals surface area contributed by atoms with E-state index < -0.39 is 17.2 Å². The molecule has 0 saturated carbocycles. The van der Waals surface area contributed by atoms with E-state index >= 15 is 0 Å². The summed E-state index contributed by atoms with van der Waals surface area (Å²) in [6.07, 6.45) is 1.91. The van der Waals surface area contributed by atoms with Gasteiger partial charge in [-0.25, -0.2) is 15.2 Å². The molecule has 3 rings (SSSR count). The Balaban J connectivity index is 1.84. The lowest BCUT2D eigenvalue weighted by atomic mass is 10.1. The van der Waals surface area contributed by atoms with Crippen LogP contribution in [-0.2, 0) is 25.4 Å². The molecular weight excluding hydrogens is 364 g/mol. The molecule has 0 spiro atoms. The zero-order valence-electron chi connectivity index (χ0n) is 15.7. The first kappa shape index (κ1) is 19.1. The number of amides is 1. The number of nitrogens with zero attached hydrogens (tertiary/aromatic N) is 5. The minimum absolute atomic E-state index is 0.145. The van der Waals surface area contributed by atoms with E-state index in [0.29, 0.717) is 12.1 Å². The molecule has 0 aliphatic heterocycles. The fourth-order valence-electron chi connectivity index (χ4n) is 2.84. The van der Waals surface area contributed by atoms with Crippen LogP contribution in [0.15, 0.2) is 45.3 Å². The molecule has 0 aliphatic carbocycles. The summed E-state index contributed by atoms with van der Waals surface area (Å²) in [6.45, 7) is 1.71. The highest BCUT2D eigenvalue weighted by molar-refractivity contribution is 6.01. The molecule has 2 heterocycles. The Bertz CT molecular complexity index is 1180.